The third kappa shape index (κ3) is 3.87. The minimum atomic E-state index is 0.0268. The number of ketones is 1. The van der Waals surface area contributed by atoms with Gasteiger partial charge in [-0.15, -0.1) is 0 Å². The van der Waals surface area contributed by atoms with E-state index in [1.807, 2.05) is 0 Å². The zero-order chi connectivity index (χ0) is 16.2. The number of rotatable bonds is 4. The van der Waals surface area contributed by atoms with Gasteiger partial charge in [-0.1, -0.05) is 11.6 Å². The summed E-state index contributed by atoms with van der Waals surface area (Å²) >= 11 is 6.08. The van der Waals surface area contributed by atoms with E-state index in [-0.39, 0.29) is 11.7 Å². The van der Waals surface area contributed by atoms with Crippen molar-refractivity contribution in [2.24, 2.45) is 5.92 Å². The van der Waals surface area contributed by atoms with Gasteiger partial charge < -0.3 is 9.47 Å². The van der Waals surface area contributed by atoms with Crippen molar-refractivity contribution in [1.82, 2.24) is 4.90 Å². The first-order valence-corrected chi connectivity index (χ1v) is 8.76. The van der Waals surface area contributed by atoms with Crippen molar-refractivity contribution in [1.29, 1.82) is 0 Å². The molecule has 0 bridgehead atoms. The molecule has 2 fully saturated rings. The Morgan fingerprint density at radius 2 is 2.09 bits per heavy atom. The van der Waals surface area contributed by atoms with Gasteiger partial charge in [0.25, 0.3) is 0 Å². The van der Waals surface area contributed by atoms with Gasteiger partial charge in [0, 0.05) is 36.7 Å². The molecular weight excluding hydrogens is 314 g/mol. The summed E-state index contributed by atoms with van der Waals surface area (Å²) in [4.78, 5) is 15.4. The predicted molar refractivity (Wildman–Crippen MR) is 90.5 cm³/mol. The lowest BCUT2D eigenvalue weighted by Gasteiger charge is -2.39. The van der Waals surface area contributed by atoms with Crippen LogP contribution >= 0.6 is 11.6 Å². The number of carbonyl (C=O) groups is 1. The molecule has 23 heavy (non-hydrogen) atoms. The molecule has 2 heterocycles. The fourth-order valence-corrected chi connectivity index (χ4v) is 3.87. The fraction of sp³-hybridized carbons (Fsp3) is 0.611. The standard InChI is InChI=1S/C18H24ClNO3/c1-22-17-5-4-14(19)11-16(17)18(21)13-3-2-8-20(12-13)15-6-9-23-10-7-15/h4-5,11,13,15H,2-3,6-10,12H2,1H3/t13-/m1/s1. The molecule has 0 unspecified atom stereocenters. The van der Waals surface area contributed by atoms with Crippen molar-refractivity contribution in [3.8, 4) is 5.75 Å². The molecule has 2 aliphatic rings. The number of benzene rings is 1. The molecule has 2 saturated heterocycles. The zero-order valence-electron chi connectivity index (χ0n) is 13.6. The number of hydrogen-bond acceptors (Lipinski definition) is 4. The molecule has 3 rings (SSSR count). The van der Waals surface area contributed by atoms with Crippen LogP contribution in [-0.2, 0) is 4.74 Å². The number of hydrogen-bond donors (Lipinski definition) is 0. The third-order valence-electron chi connectivity index (χ3n) is 4.96. The molecule has 0 amide bonds. The summed E-state index contributed by atoms with van der Waals surface area (Å²) in [7, 11) is 1.59. The highest BCUT2D eigenvalue weighted by atomic mass is 35.5. The van der Waals surface area contributed by atoms with Gasteiger partial charge in [0.2, 0.25) is 0 Å². The van der Waals surface area contributed by atoms with Crippen LogP contribution in [0.5, 0.6) is 5.75 Å². The molecule has 0 saturated carbocycles. The molecule has 1 aromatic carbocycles. The van der Waals surface area contributed by atoms with Crippen LogP contribution in [0.2, 0.25) is 5.02 Å². The lowest BCUT2D eigenvalue weighted by Crippen LogP contribution is -2.46. The summed E-state index contributed by atoms with van der Waals surface area (Å²) in [5.74, 6) is 0.794. The molecule has 126 valence electrons. The first kappa shape index (κ1) is 16.7. The lowest BCUT2D eigenvalue weighted by atomic mass is 9.88. The normalized spacial score (nSPS) is 23.7. The Bertz CT molecular complexity index is 557. The molecule has 5 heteroatoms. The quantitative estimate of drug-likeness (QED) is 0.789. The van der Waals surface area contributed by atoms with Crippen molar-refractivity contribution < 1.29 is 14.3 Å². The van der Waals surface area contributed by atoms with E-state index in [0.29, 0.717) is 22.4 Å². The number of Topliss-reactive ketones (excluding diaryl/α,β-unsaturated/α-hetero) is 1. The molecule has 1 atom stereocenters. The number of ether oxygens (including phenoxy) is 2. The van der Waals surface area contributed by atoms with Crippen LogP contribution < -0.4 is 4.74 Å². The molecule has 0 spiro atoms. The van der Waals surface area contributed by atoms with E-state index in [1.54, 1.807) is 25.3 Å². The fourth-order valence-electron chi connectivity index (χ4n) is 3.70. The van der Waals surface area contributed by atoms with Gasteiger partial charge >= 0.3 is 0 Å². The largest absolute Gasteiger partial charge is 0.496 e. The van der Waals surface area contributed by atoms with Gasteiger partial charge in [0.05, 0.1) is 12.7 Å². The number of piperidine rings is 1. The van der Waals surface area contributed by atoms with E-state index in [9.17, 15) is 4.79 Å². The minimum absolute atomic E-state index is 0.0268. The molecule has 0 aromatic heterocycles. The first-order chi connectivity index (χ1) is 11.2. The molecular formula is C18H24ClNO3. The van der Waals surface area contributed by atoms with Crippen LogP contribution in [0.3, 0.4) is 0 Å². The summed E-state index contributed by atoms with van der Waals surface area (Å²) in [6.07, 6.45) is 4.15. The van der Waals surface area contributed by atoms with Crippen molar-refractivity contribution in [2.45, 2.75) is 31.7 Å². The molecule has 4 nitrogen and oxygen atoms in total. The average Bonchev–Trinajstić information content (AvgIpc) is 2.62. The topological polar surface area (TPSA) is 38.8 Å². The zero-order valence-corrected chi connectivity index (χ0v) is 14.3. The van der Waals surface area contributed by atoms with Crippen molar-refractivity contribution in [3.05, 3.63) is 28.8 Å². The maximum Gasteiger partial charge on any atom is 0.170 e. The van der Waals surface area contributed by atoms with Crippen LogP contribution in [0, 0.1) is 5.92 Å². The Balaban J connectivity index is 1.73. The lowest BCUT2D eigenvalue weighted by molar-refractivity contribution is 0.0183. The van der Waals surface area contributed by atoms with Crippen LogP contribution in [0.15, 0.2) is 18.2 Å². The number of methoxy groups -OCH3 is 1. The van der Waals surface area contributed by atoms with Crippen molar-refractivity contribution in [2.75, 3.05) is 33.4 Å². The Kier molecular flexibility index (Phi) is 5.57. The summed E-state index contributed by atoms with van der Waals surface area (Å²) in [6, 6.07) is 5.82. The molecule has 2 aliphatic heterocycles. The highest BCUT2D eigenvalue weighted by Crippen LogP contribution is 2.30. The van der Waals surface area contributed by atoms with Gasteiger partial charge in [0.1, 0.15) is 5.75 Å². The van der Waals surface area contributed by atoms with E-state index in [4.69, 9.17) is 21.1 Å². The second-order valence-corrected chi connectivity index (χ2v) is 6.82. The Morgan fingerprint density at radius 3 is 2.83 bits per heavy atom. The predicted octanol–water partition coefficient (Wildman–Crippen LogP) is 3.42. The molecule has 0 N–H and O–H groups in total. The smallest absolute Gasteiger partial charge is 0.170 e. The summed E-state index contributed by atoms with van der Waals surface area (Å²) in [5.41, 5.74) is 0.610. The first-order valence-electron chi connectivity index (χ1n) is 8.38. The molecule has 0 aliphatic carbocycles. The summed E-state index contributed by atoms with van der Waals surface area (Å²) in [6.45, 7) is 3.59. The second-order valence-electron chi connectivity index (χ2n) is 6.39. The van der Waals surface area contributed by atoms with E-state index >= 15 is 0 Å². The van der Waals surface area contributed by atoms with Crippen LogP contribution in [0.4, 0.5) is 0 Å². The highest BCUT2D eigenvalue weighted by molar-refractivity contribution is 6.31. The average molecular weight is 338 g/mol. The number of carbonyl (C=O) groups excluding carboxylic acids is 1. The maximum absolute atomic E-state index is 13.0. The maximum atomic E-state index is 13.0. The van der Waals surface area contributed by atoms with E-state index in [2.05, 4.69) is 4.90 Å². The summed E-state index contributed by atoms with van der Waals surface area (Å²) in [5, 5.41) is 0.575. The Morgan fingerprint density at radius 1 is 1.30 bits per heavy atom. The van der Waals surface area contributed by atoms with E-state index in [0.717, 1.165) is 52.0 Å². The second kappa shape index (κ2) is 7.65. The van der Waals surface area contributed by atoms with Crippen LogP contribution in [0.25, 0.3) is 0 Å². The van der Waals surface area contributed by atoms with Crippen molar-refractivity contribution >= 4 is 17.4 Å². The van der Waals surface area contributed by atoms with E-state index in [1.165, 1.54) is 0 Å². The van der Waals surface area contributed by atoms with Gasteiger partial charge in [-0.3, -0.25) is 9.69 Å². The number of likely N-dealkylation sites (tertiary alicyclic amines) is 1. The van der Waals surface area contributed by atoms with Gasteiger partial charge in [-0.2, -0.15) is 0 Å². The third-order valence-corrected chi connectivity index (χ3v) is 5.19. The Labute approximate surface area is 142 Å². The number of nitrogens with zero attached hydrogens (tertiary/aromatic N) is 1. The van der Waals surface area contributed by atoms with Gasteiger partial charge in [-0.25, -0.2) is 0 Å². The van der Waals surface area contributed by atoms with E-state index < -0.39 is 0 Å². The monoisotopic (exact) mass is 337 g/mol. The van der Waals surface area contributed by atoms with Crippen LogP contribution in [0.1, 0.15) is 36.0 Å². The number of halogens is 1. The Hall–Kier alpha value is -1.10. The molecule has 0 radical (unpaired) electrons. The minimum Gasteiger partial charge on any atom is -0.496 e. The summed E-state index contributed by atoms with van der Waals surface area (Å²) < 4.78 is 10.8. The van der Waals surface area contributed by atoms with Crippen LogP contribution in [-0.4, -0.2) is 50.1 Å². The highest BCUT2D eigenvalue weighted by Gasteiger charge is 2.32. The van der Waals surface area contributed by atoms with Crippen molar-refractivity contribution in [3.63, 3.8) is 0 Å². The van der Waals surface area contributed by atoms with Gasteiger partial charge in [-0.05, 0) is 50.4 Å². The molecule has 1 aromatic rings. The SMILES string of the molecule is COc1ccc(Cl)cc1C(=O)[C@@H]1CCCN(C2CCOCC2)C1. The van der Waals surface area contributed by atoms with Gasteiger partial charge in [0.15, 0.2) is 5.78 Å².